The molecule has 0 atom stereocenters. The van der Waals surface area contributed by atoms with Crippen LogP contribution >= 0.6 is 23.8 Å². The number of unbranched alkanes of at least 4 members (excludes halogenated alkanes) is 1. The fraction of sp³-hybridized carbons (Fsp3) is 0.500. The molecule has 0 fully saturated rings. The predicted molar refractivity (Wildman–Crippen MR) is 87.8 cm³/mol. The van der Waals surface area contributed by atoms with E-state index in [9.17, 15) is 0 Å². The maximum atomic E-state index is 6.15. The zero-order chi connectivity index (χ0) is 14.8. The van der Waals surface area contributed by atoms with Crippen LogP contribution in [0.4, 0.5) is 5.69 Å². The lowest BCUT2D eigenvalue weighted by molar-refractivity contribution is 0.0691. The number of hydrogen-bond acceptors (Lipinski definition) is 4. The molecule has 1 rings (SSSR count). The first-order valence-corrected chi connectivity index (χ1v) is 7.33. The van der Waals surface area contributed by atoms with Gasteiger partial charge < -0.3 is 20.5 Å². The zero-order valence-electron chi connectivity index (χ0n) is 11.7. The van der Waals surface area contributed by atoms with E-state index in [1.165, 1.54) is 0 Å². The van der Waals surface area contributed by atoms with Crippen LogP contribution in [0, 0.1) is 0 Å². The Bertz CT molecular complexity index is 430. The largest absolute Gasteiger partial charge is 0.389 e. The molecule has 20 heavy (non-hydrogen) atoms. The molecule has 112 valence electrons. The molecule has 6 heteroatoms. The number of thiocarbonyl (C=S) groups is 1. The summed E-state index contributed by atoms with van der Waals surface area (Å²) in [5.41, 5.74) is 7.23. The second-order valence-corrected chi connectivity index (χ2v) is 5.14. The van der Waals surface area contributed by atoms with Crippen LogP contribution in [0.5, 0.6) is 0 Å². The van der Waals surface area contributed by atoms with Gasteiger partial charge in [-0.25, -0.2) is 0 Å². The minimum atomic E-state index is 0.353. The average molecular weight is 317 g/mol. The summed E-state index contributed by atoms with van der Waals surface area (Å²) >= 11 is 11.1. The van der Waals surface area contributed by atoms with Crippen molar-refractivity contribution in [3.8, 4) is 0 Å². The first-order valence-electron chi connectivity index (χ1n) is 6.55. The smallest absolute Gasteiger partial charge is 0.104 e. The second kappa shape index (κ2) is 9.94. The number of nitrogens with one attached hydrogen (secondary N) is 1. The van der Waals surface area contributed by atoms with Crippen LogP contribution in [-0.4, -0.2) is 38.5 Å². The molecule has 0 radical (unpaired) electrons. The van der Waals surface area contributed by atoms with Crippen molar-refractivity contribution in [3.63, 3.8) is 0 Å². The average Bonchev–Trinajstić information content (AvgIpc) is 2.43. The molecule has 0 amide bonds. The van der Waals surface area contributed by atoms with Crippen LogP contribution in [0.15, 0.2) is 18.2 Å². The third-order valence-corrected chi connectivity index (χ3v) is 3.26. The number of ether oxygens (including phenoxy) is 2. The predicted octanol–water partition coefficient (Wildman–Crippen LogP) is 2.83. The molecule has 0 unspecified atom stereocenters. The van der Waals surface area contributed by atoms with Gasteiger partial charge in [-0.15, -0.1) is 0 Å². The molecule has 0 aliphatic carbocycles. The van der Waals surface area contributed by atoms with Crippen molar-refractivity contribution in [2.45, 2.75) is 12.8 Å². The molecule has 0 bridgehead atoms. The molecular formula is C14H21ClN2O2S. The van der Waals surface area contributed by atoms with Crippen LogP contribution in [0.3, 0.4) is 0 Å². The van der Waals surface area contributed by atoms with Gasteiger partial charge in [0.2, 0.25) is 0 Å². The Morgan fingerprint density at radius 2 is 2.10 bits per heavy atom. The Balaban J connectivity index is 2.20. The monoisotopic (exact) mass is 316 g/mol. The minimum absolute atomic E-state index is 0.353. The molecule has 0 saturated carbocycles. The number of benzene rings is 1. The third-order valence-electron chi connectivity index (χ3n) is 2.72. The summed E-state index contributed by atoms with van der Waals surface area (Å²) in [5, 5.41) is 3.92. The lowest BCUT2D eigenvalue weighted by atomic mass is 10.2. The topological polar surface area (TPSA) is 56.5 Å². The molecule has 0 aliphatic rings. The number of methoxy groups -OCH3 is 1. The van der Waals surface area contributed by atoms with Gasteiger partial charge in [0, 0.05) is 25.8 Å². The number of hydrogen-bond donors (Lipinski definition) is 2. The van der Waals surface area contributed by atoms with Crippen molar-refractivity contribution in [2.75, 3.05) is 38.8 Å². The molecule has 1 aromatic rings. The first kappa shape index (κ1) is 17.2. The normalized spacial score (nSPS) is 10.5. The van der Waals surface area contributed by atoms with E-state index >= 15 is 0 Å². The van der Waals surface area contributed by atoms with Crippen molar-refractivity contribution in [1.82, 2.24) is 0 Å². The SMILES string of the molecule is COCCOCCCCNc1ccc(C(N)=S)cc1Cl. The van der Waals surface area contributed by atoms with Crippen LogP contribution in [0.2, 0.25) is 5.02 Å². The molecule has 3 N–H and O–H groups in total. The summed E-state index contributed by atoms with van der Waals surface area (Å²) in [5.74, 6) is 0. The van der Waals surface area contributed by atoms with Crippen molar-refractivity contribution in [1.29, 1.82) is 0 Å². The minimum Gasteiger partial charge on any atom is -0.389 e. The van der Waals surface area contributed by atoms with Crippen molar-refractivity contribution >= 4 is 34.5 Å². The molecule has 1 aromatic carbocycles. The summed E-state index contributed by atoms with van der Waals surface area (Å²) in [4.78, 5) is 0.353. The fourth-order valence-corrected chi connectivity index (χ4v) is 1.98. The number of rotatable bonds is 10. The Kier molecular flexibility index (Phi) is 8.53. The van der Waals surface area contributed by atoms with Crippen LogP contribution in [0.1, 0.15) is 18.4 Å². The highest BCUT2D eigenvalue weighted by molar-refractivity contribution is 7.80. The van der Waals surface area contributed by atoms with E-state index in [-0.39, 0.29) is 0 Å². The lowest BCUT2D eigenvalue weighted by Crippen LogP contribution is -2.10. The van der Waals surface area contributed by atoms with Crippen LogP contribution in [0.25, 0.3) is 0 Å². The van der Waals surface area contributed by atoms with Gasteiger partial charge in [-0.2, -0.15) is 0 Å². The summed E-state index contributed by atoms with van der Waals surface area (Å²) in [7, 11) is 1.67. The standard InChI is InChI=1S/C14H21ClN2O2S/c1-18-8-9-19-7-3-2-6-17-13-5-4-11(14(16)20)10-12(13)15/h4-5,10,17H,2-3,6-9H2,1H3,(H2,16,20). The molecule has 4 nitrogen and oxygen atoms in total. The summed E-state index contributed by atoms with van der Waals surface area (Å²) < 4.78 is 10.3. The van der Waals surface area contributed by atoms with Crippen molar-refractivity contribution in [2.24, 2.45) is 5.73 Å². The van der Waals surface area contributed by atoms with Gasteiger partial charge in [0.25, 0.3) is 0 Å². The summed E-state index contributed by atoms with van der Waals surface area (Å²) in [6, 6.07) is 5.54. The van der Waals surface area contributed by atoms with E-state index in [1.807, 2.05) is 12.1 Å². The van der Waals surface area contributed by atoms with Gasteiger partial charge in [0.15, 0.2) is 0 Å². The van der Waals surface area contributed by atoms with Gasteiger partial charge in [-0.1, -0.05) is 23.8 Å². The molecule has 0 aliphatic heterocycles. The van der Waals surface area contributed by atoms with E-state index in [2.05, 4.69) is 5.32 Å². The highest BCUT2D eigenvalue weighted by Crippen LogP contribution is 2.23. The first-order chi connectivity index (χ1) is 9.65. The Hall–Kier alpha value is -0.880. The van der Waals surface area contributed by atoms with E-state index in [1.54, 1.807) is 13.2 Å². The molecule has 0 heterocycles. The fourth-order valence-electron chi connectivity index (χ4n) is 1.61. The molecular weight excluding hydrogens is 296 g/mol. The number of halogens is 1. The van der Waals surface area contributed by atoms with Gasteiger partial charge in [0.1, 0.15) is 4.99 Å². The number of anilines is 1. The van der Waals surface area contributed by atoms with Crippen LogP contribution < -0.4 is 11.1 Å². The van der Waals surface area contributed by atoms with Gasteiger partial charge in [-0.3, -0.25) is 0 Å². The second-order valence-electron chi connectivity index (χ2n) is 4.30. The van der Waals surface area contributed by atoms with E-state index in [0.717, 1.165) is 37.2 Å². The van der Waals surface area contributed by atoms with Crippen molar-refractivity contribution in [3.05, 3.63) is 28.8 Å². The quantitative estimate of drug-likeness (QED) is 0.513. The number of nitrogens with two attached hydrogens (primary N) is 1. The van der Waals surface area contributed by atoms with Gasteiger partial charge in [-0.05, 0) is 31.0 Å². The molecule has 0 spiro atoms. The maximum absolute atomic E-state index is 6.15. The molecule has 0 aromatic heterocycles. The third kappa shape index (κ3) is 6.52. The van der Waals surface area contributed by atoms with Gasteiger partial charge >= 0.3 is 0 Å². The zero-order valence-corrected chi connectivity index (χ0v) is 13.2. The molecule has 0 saturated heterocycles. The van der Waals surface area contributed by atoms with E-state index in [0.29, 0.717) is 23.2 Å². The van der Waals surface area contributed by atoms with E-state index < -0.39 is 0 Å². The Labute approximate surface area is 130 Å². The van der Waals surface area contributed by atoms with Crippen molar-refractivity contribution < 1.29 is 9.47 Å². The summed E-state index contributed by atoms with van der Waals surface area (Å²) in [6.45, 7) is 2.89. The van der Waals surface area contributed by atoms with Crippen LogP contribution in [-0.2, 0) is 9.47 Å². The maximum Gasteiger partial charge on any atom is 0.104 e. The Morgan fingerprint density at radius 3 is 2.75 bits per heavy atom. The van der Waals surface area contributed by atoms with Gasteiger partial charge in [0.05, 0.1) is 23.9 Å². The lowest BCUT2D eigenvalue weighted by Gasteiger charge is -2.10. The van der Waals surface area contributed by atoms with E-state index in [4.69, 9.17) is 39.0 Å². The summed E-state index contributed by atoms with van der Waals surface area (Å²) in [6.07, 6.45) is 2.01. The Morgan fingerprint density at radius 1 is 1.30 bits per heavy atom. The highest BCUT2D eigenvalue weighted by Gasteiger charge is 2.03. The highest BCUT2D eigenvalue weighted by atomic mass is 35.5.